The minimum absolute atomic E-state index is 0.0249. The van der Waals surface area contributed by atoms with Gasteiger partial charge in [-0.05, 0) is 55.3 Å². The number of hydrogen-bond donors (Lipinski definition) is 2. The van der Waals surface area contributed by atoms with E-state index in [2.05, 4.69) is 20.5 Å². The van der Waals surface area contributed by atoms with Gasteiger partial charge in [-0.1, -0.05) is 36.8 Å². The second kappa shape index (κ2) is 10.7. The lowest BCUT2D eigenvalue weighted by Crippen LogP contribution is -2.46. The first-order valence-corrected chi connectivity index (χ1v) is 11.2. The standard InChI is InChI=1S/C26H28N4O3/c1-19(31)28-21-12-10-20(11-13-21)18-30-16-6-5-9-24(30)26(32)29-22-14-15-25(27-17-22)33-23-7-3-2-4-8-23/h2-4,7-8,10-15,17,24H,5-6,9,16,18H2,1H3,(H,28,31)(H,29,32)/t24-/m1/s1. The van der Waals surface area contributed by atoms with Crippen molar-refractivity contribution in [3.05, 3.63) is 78.5 Å². The van der Waals surface area contributed by atoms with Crippen LogP contribution in [0, 0.1) is 0 Å². The Balaban J connectivity index is 1.36. The lowest BCUT2D eigenvalue weighted by Gasteiger charge is -2.34. The SMILES string of the molecule is CC(=O)Nc1ccc(CN2CCCC[C@@H]2C(=O)Nc2ccc(Oc3ccccc3)nc2)cc1. The van der Waals surface area contributed by atoms with E-state index in [0.29, 0.717) is 23.9 Å². The van der Waals surface area contributed by atoms with Gasteiger partial charge in [0.1, 0.15) is 5.75 Å². The van der Waals surface area contributed by atoms with E-state index in [1.54, 1.807) is 18.3 Å². The number of carbonyl (C=O) groups is 2. The fraction of sp³-hybridized carbons (Fsp3) is 0.269. The molecule has 2 aromatic carbocycles. The van der Waals surface area contributed by atoms with Gasteiger partial charge in [0.15, 0.2) is 0 Å². The molecule has 1 aliphatic rings. The zero-order chi connectivity index (χ0) is 23.0. The molecule has 2 N–H and O–H groups in total. The smallest absolute Gasteiger partial charge is 0.241 e. The molecular weight excluding hydrogens is 416 g/mol. The van der Waals surface area contributed by atoms with Crippen LogP contribution < -0.4 is 15.4 Å². The summed E-state index contributed by atoms with van der Waals surface area (Å²) in [6.07, 6.45) is 4.53. The summed E-state index contributed by atoms with van der Waals surface area (Å²) in [5, 5.41) is 5.78. The van der Waals surface area contributed by atoms with Crippen LogP contribution in [0.25, 0.3) is 0 Å². The van der Waals surface area contributed by atoms with Crippen molar-refractivity contribution in [3.8, 4) is 11.6 Å². The number of nitrogens with one attached hydrogen (secondary N) is 2. The van der Waals surface area contributed by atoms with E-state index in [9.17, 15) is 9.59 Å². The predicted octanol–water partition coefficient (Wildman–Crippen LogP) is 4.83. The average molecular weight is 445 g/mol. The van der Waals surface area contributed by atoms with Gasteiger partial charge in [-0.3, -0.25) is 14.5 Å². The zero-order valence-corrected chi connectivity index (χ0v) is 18.7. The second-order valence-electron chi connectivity index (χ2n) is 8.15. The van der Waals surface area contributed by atoms with Crippen LogP contribution in [0.1, 0.15) is 31.7 Å². The first-order valence-electron chi connectivity index (χ1n) is 11.2. The highest BCUT2D eigenvalue weighted by molar-refractivity contribution is 5.94. The maximum Gasteiger partial charge on any atom is 0.241 e. The van der Waals surface area contributed by atoms with Crippen molar-refractivity contribution in [2.75, 3.05) is 17.2 Å². The van der Waals surface area contributed by atoms with Crippen molar-refractivity contribution < 1.29 is 14.3 Å². The number of amides is 2. The highest BCUT2D eigenvalue weighted by Gasteiger charge is 2.28. The number of likely N-dealkylation sites (tertiary alicyclic amines) is 1. The summed E-state index contributed by atoms with van der Waals surface area (Å²) in [4.78, 5) is 30.8. The maximum absolute atomic E-state index is 13.1. The molecular formula is C26H28N4O3. The molecule has 3 aromatic rings. The van der Waals surface area contributed by atoms with Crippen LogP contribution in [0.15, 0.2) is 72.9 Å². The Morgan fingerprint density at radius 1 is 0.970 bits per heavy atom. The number of benzene rings is 2. The molecule has 0 unspecified atom stereocenters. The van der Waals surface area contributed by atoms with Crippen LogP contribution in [0.2, 0.25) is 0 Å². The van der Waals surface area contributed by atoms with Crippen LogP contribution in [0.3, 0.4) is 0 Å². The molecule has 1 atom stereocenters. The molecule has 4 rings (SSSR count). The number of aromatic nitrogens is 1. The fourth-order valence-electron chi connectivity index (χ4n) is 3.96. The van der Waals surface area contributed by atoms with Crippen molar-refractivity contribution in [1.29, 1.82) is 0 Å². The molecule has 7 heteroatoms. The maximum atomic E-state index is 13.1. The number of anilines is 2. The Kier molecular flexibility index (Phi) is 7.32. The van der Waals surface area contributed by atoms with Gasteiger partial charge < -0.3 is 15.4 Å². The highest BCUT2D eigenvalue weighted by Crippen LogP contribution is 2.23. The minimum Gasteiger partial charge on any atom is -0.439 e. The molecule has 0 radical (unpaired) electrons. The summed E-state index contributed by atoms with van der Waals surface area (Å²) in [6.45, 7) is 3.04. The zero-order valence-electron chi connectivity index (χ0n) is 18.7. The molecule has 0 aliphatic carbocycles. The van der Waals surface area contributed by atoms with Gasteiger partial charge in [0.25, 0.3) is 0 Å². The molecule has 7 nitrogen and oxygen atoms in total. The molecule has 2 heterocycles. The van der Waals surface area contributed by atoms with E-state index in [0.717, 1.165) is 37.1 Å². The fourth-order valence-corrected chi connectivity index (χ4v) is 3.96. The molecule has 1 aromatic heterocycles. The van der Waals surface area contributed by atoms with Crippen LogP contribution in [-0.4, -0.2) is 34.3 Å². The Morgan fingerprint density at radius 3 is 2.42 bits per heavy atom. The summed E-state index contributed by atoms with van der Waals surface area (Å²) >= 11 is 0. The van der Waals surface area contributed by atoms with Crippen molar-refractivity contribution in [2.24, 2.45) is 0 Å². The normalized spacial score (nSPS) is 16.1. The van der Waals surface area contributed by atoms with Gasteiger partial charge >= 0.3 is 0 Å². The highest BCUT2D eigenvalue weighted by atomic mass is 16.5. The topological polar surface area (TPSA) is 83.6 Å². The monoisotopic (exact) mass is 444 g/mol. The van der Waals surface area contributed by atoms with E-state index in [4.69, 9.17) is 4.74 Å². The number of piperidine rings is 1. The Morgan fingerprint density at radius 2 is 1.73 bits per heavy atom. The molecule has 170 valence electrons. The summed E-state index contributed by atoms with van der Waals surface area (Å²) in [5.74, 6) is 1.07. The first kappa shape index (κ1) is 22.5. The Labute approximate surface area is 193 Å². The molecule has 0 saturated carbocycles. The van der Waals surface area contributed by atoms with Crippen LogP contribution in [0.5, 0.6) is 11.6 Å². The van der Waals surface area contributed by atoms with E-state index in [-0.39, 0.29) is 17.9 Å². The van der Waals surface area contributed by atoms with Crippen LogP contribution >= 0.6 is 0 Å². The lowest BCUT2D eigenvalue weighted by atomic mass is 10.00. The van der Waals surface area contributed by atoms with Gasteiger partial charge in [0, 0.05) is 25.2 Å². The summed E-state index contributed by atoms with van der Waals surface area (Å²) in [5.41, 5.74) is 2.52. The molecule has 1 saturated heterocycles. The van der Waals surface area contributed by atoms with Crippen LogP contribution in [-0.2, 0) is 16.1 Å². The van der Waals surface area contributed by atoms with Crippen LogP contribution in [0.4, 0.5) is 11.4 Å². The number of carbonyl (C=O) groups excluding carboxylic acids is 2. The van der Waals surface area contributed by atoms with Crippen molar-refractivity contribution in [1.82, 2.24) is 9.88 Å². The Hall–Kier alpha value is -3.71. The third-order valence-electron chi connectivity index (χ3n) is 5.55. The van der Waals surface area contributed by atoms with Crippen molar-refractivity contribution in [3.63, 3.8) is 0 Å². The van der Waals surface area contributed by atoms with Gasteiger partial charge in [0.05, 0.1) is 17.9 Å². The molecule has 33 heavy (non-hydrogen) atoms. The number of para-hydroxylation sites is 1. The first-order chi connectivity index (χ1) is 16.1. The number of rotatable bonds is 7. The number of pyridine rings is 1. The van der Waals surface area contributed by atoms with Crippen molar-refractivity contribution >= 4 is 23.2 Å². The largest absolute Gasteiger partial charge is 0.439 e. The third kappa shape index (κ3) is 6.40. The third-order valence-corrected chi connectivity index (χ3v) is 5.55. The minimum atomic E-state index is -0.200. The van der Waals surface area contributed by atoms with E-state index in [1.165, 1.54) is 6.92 Å². The van der Waals surface area contributed by atoms with Crippen molar-refractivity contribution in [2.45, 2.75) is 38.8 Å². The molecule has 1 fully saturated rings. The predicted molar refractivity (Wildman–Crippen MR) is 128 cm³/mol. The second-order valence-corrected chi connectivity index (χ2v) is 8.15. The number of nitrogens with zero attached hydrogens (tertiary/aromatic N) is 2. The van der Waals surface area contributed by atoms with Gasteiger partial charge in [-0.2, -0.15) is 0 Å². The quantitative estimate of drug-likeness (QED) is 0.546. The molecule has 0 bridgehead atoms. The number of ether oxygens (including phenoxy) is 1. The van der Waals surface area contributed by atoms with Gasteiger partial charge in [0.2, 0.25) is 17.7 Å². The lowest BCUT2D eigenvalue weighted by molar-refractivity contribution is -0.122. The average Bonchev–Trinajstić information content (AvgIpc) is 2.82. The van der Waals surface area contributed by atoms with E-state index >= 15 is 0 Å². The number of hydrogen-bond acceptors (Lipinski definition) is 5. The van der Waals surface area contributed by atoms with E-state index in [1.807, 2.05) is 54.6 Å². The molecule has 2 amide bonds. The van der Waals surface area contributed by atoms with Gasteiger partial charge in [-0.15, -0.1) is 0 Å². The molecule has 1 aliphatic heterocycles. The Bertz CT molecular complexity index is 1070. The van der Waals surface area contributed by atoms with E-state index < -0.39 is 0 Å². The summed E-state index contributed by atoms with van der Waals surface area (Å²) in [7, 11) is 0. The van der Waals surface area contributed by atoms with Gasteiger partial charge in [-0.25, -0.2) is 4.98 Å². The molecule has 0 spiro atoms. The summed E-state index contributed by atoms with van der Waals surface area (Å²) in [6, 6.07) is 20.6. The summed E-state index contributed by atoms with van der Waals surface area (Å²) < 4.78 is 5.71.